The van der Waals surface area contributed by atoms with Crippen molar-refractivity contribution in [1.82, 2.24) is 35.6 Å². The maximum absolute atomic E-state index is 13.3. The third kappa shape index (κ3) is 5.02. The molecular weight excluding hydrogens is 558 g/mol. The summed E-state index contributed by atoms with van der Waals surface area (Å²) < 4.78 is 29.9. The van der Waals surface area contributed by atoms with E-state index in [2.05, 4.69) is 35.6 Å². The highest BCUT2D eigenvalue weighted by atomic mass is 16.4. The summed E-state index contributed by atoms with van der Waals surface area (Å²) in [5.74, 6) is 2.48. The number of hydrogen-bond acceptors (Lipinski definition) is 12. The van der Waals surface area contributed by atoms with Crippen LogP contribution in [-0.4, -0.2) is 36.7 Å². The van der Waals surface area contributed by atoms with Crippen LogP contribution < -0.4 is 10.6 Å². The van der Waals surface area contributed by atoms with Gasteiger partial charge >= 0.3 is 0 Å². The minimum Gasteiger partial charge on any atom is -0.443 e. The van der Waals surface area contributed by atoms with Crippen LogP contribution in [0.3, 0.4) is 0 Å². The normalized spacial score (nSPS) is 13.5. The molecule has 1 aliphatic rings. The summed E-state index contributed by atoms with van der Waals surface area (Å²) in [4.78, 5) is 49.2. The minimum absolute atomic E-state index is 0.00353. The van der Waals surface area contributed by atoms with Gasteiger partial charge in [0.1, 0.15) is 28.8 Å². The number of nitrogens with one attached hydrogen (secondary N) is 2. The molecule has 0 aromatic carbocycles. The molecule has 0 unspecified atom stereocenters. The van der Waals surface area contributed by atoms with E-state index in [0.717, 1.165) is 0 Å². The lowest BCUT2D eigenvalue weighted by atomic mass is 10.2. The van der Waals surface area contributed by atoms with Gasteiger partial charge in [0, 0.05) is 32.1 Å². The van der Waals surface area contributed by atoms with Crippen LogP contribution in [0.2, 0.25) is 0 Å². The van der Waals surface area contributed by atoms with Crippen LogP contribution in [0.4, 0.5) is 0 Å². The van der Waals surface area contributed by atoms with Crippen LogP contribution in [0.1, 0.15) is 96.2 Å². The summed E-state index contributed by atoms with van der Waals surface area (Å²) in [6.07, 6.45) is 2.33. The third-order valence-corrected chi connectivity index (χ3v) is 7.02. The van der Waals surface area contributed by atoms with E-state index in [1.165, 1.54) is 0 Å². The number of rotatable bonds is 5. The number of amides is 2. The first-order valence-electron chi connectivity index (χ1n) is 14.4. The number of aromatic nitrogens is 5. The van der Waals surface area contributed by atoms with Gasteiger partial charge in [0.05, 0.1) is 13.1 Å². The largest absolute Gasteiger partial charge is 0.443 e. The van der Waals surface area contributed by atoms with E-state index < -0.39 is 11.8 Å². The Bertz CT molecular complexity index is 1820. The Balaban J connectivity index is 1.47. The zero-order valence-electron chi connectivity index (χ0n) is 24.5. The topological polar surface area (TPSA) is 188 Å². The van der Waals surface area contributed by atoms with Gasteiger partial charge in [-0.05, 0) is 0 Å². The molecule has 5 aromatic heterocycles. The average molecular weight is 590 g/mol. The number of carbonyl (C=O) groups is 2. The lowest BCUT2D eigenvalue weighted by Gasteiger charge is -2.00. The molecule has 0 fully saturated rings. The molecule has 0 spiro atoms. The number of hydrogen-bond donors (Lipinski definition) is 2. The Morgan fingerprint density at radius 3 is 1.14 bits per heavy atom. The molecule has 0 saturated carbocycles. The summed E-state index contributed by atoms with van der Waals surface area (Å²) in [5.41, 5.74) is 1.40. The van der Waals surface area contributed by atoms with Gasteiger partial charge in [-0.25, -0.2) is 24.9 Å². The van der Waals surface area contributed by atoms with E-state index in [9.17, 15) is 9.59 Å². The highest BCUT2D eigenvalue weighted by molar-refractivity contribution is 5.94. The van der Waals surface area contributed by atoms with E-state index in [4.69, 9.17) is 22.1 Å². The van der Waals surface area contributed by atoms with E-state index in [0.29, 0.717) is 78.0 Å². The Hall–Kier alpha value is -5.01. The van der Waals surface area contributed by atoms with Crippen LogP contribution >= 0.6 is 0 Å². The lowest BCUT2D eigenvalue weighted by molar-refractivity contribution is 0.0933. The van der Waals surface area contributed by atoms with Crippen molar-refractivity contribution in [3.05, 3.63) is 52.0 Å². The van der Waals surface area contributed by atoms with Crippen molar-refractivity contribution in [2.45, 2.75) is 79.8 Å². The molecule has 224 valence electrons. The number of carbonyl (C=O) groups excluding carboxylic acids is 2. The van der Waals surface area contributed by atoms with Gasteiger partial charge in [-0.3, -0.25) is 9.59 Å². The first-order valence-corrected chi connectivity index (χ1v) is 14.4. The van der Waals surface area contributed by atoms with Crippen molar-refractivity contribution in [3.8, 4) is 34.8 Å². The van der Waals surface area contributed by atoms with Gasteiger partial charge in [0.15, 0.2) is 28.5 Å². The maximum Gasteiger partial charge on any atom is 0.273 e. The Morgan fingerprint density at radius 1 is 0.465 bits per heavy atom. The fraction of sp³-hybridized carbons (Fsp3) is 0.414. The maximum atomic E-state index is 13.3. The van der Waals surface area contributed by atoms with Gasteiger partial charge in [-0.15, -0.1) is 0 Å². The van der Waals surface area contributed by atoms with Crippen molar-refractivity contribution >= 4 is 11.8 Å². The number of fused-ring (bicyclic) bond motifs is 13. The lowest BCUT2D eigenvalue weighted by Crippen LogP contribution is -2.24. The molecule has 43 heavy (non-hydrogen) atoms. The molecule has 6 heterocycles. The van der Waals surface area contributed by atoms with E-state index in [-0.39, 0.29) is 53.9 Å². The van der Waals surface area contributed by atoms with Crippen molar-refractivity contribution < 1.29 is 31.7 Å². The SMILES string of the molecule is CCc1oc2nc1C(=O)NCc1nc(c(CC)o1)-c1nc(c(CC)o1)-c1nc(c(CC)o1)C(=O)NCc1nc-2c(CC)o1. The highest BCUT2D eigenvalue weighted by Crippen LogP contribution is 2.33. The molecule has 0 radical (unpaired) electrons. The van der Waals surface area contributed by atoms with Gasteiger partial charge in [0.25, 0.3) is 11.8 Å². The van der Waals surface area contributed by atoms with Crippen LogP contribution in [0, 0.1) is 0 Å². The van der Waals surface area contributed by atoms with Crippen molar-refractivity contribution in [1.29, 1.82) is 0 Å². The van der Waals surface area contributed by atoms with Crippen LogP contribution in [-0.2, 0) is 45.2 Å². The molecule has 0 atom stereocenters. The van der Waals surface area contributed by atoms with Gasteiger partial charge < -0.3 is 32.7 Å². The van der Waals surface area contributed by atoms with Crippen LogP contribution in [0.25, 0.3) is 34.8 Å². The predicted molar refractivity (Wildman–Crippen MR) is 149 cm³/mol. The second kappa shape index (κ2) is 11.3. The Kier molecular flexibility index (Phi) is 7.42. The summed E-state index contributed by atoms with van der Waals surface area (Å²) >= 11 is 0. The van der Waals surface area contributed by atoms with Crippen LogP contribution in [0.5, 0.6) is 0 Å². The number of aryl methyl sites for hydroxylation is 5. The molecule has 1 aliphatic heterocycles. The van der Waals surface area contributed by atoms with Crippen LogP contribution in [0.15, 0.2) is 22.1 Å². The molecule has 14 heteroatoms. The zero-order chi connectivity index (χ0) is 30.2. The van der Waals surface area contributed by atoms with E-state index in [1.54, 1.807) is 0 Å². The van der Waals surface area contributed by atoms with Crippen molar-refractivity contribution in [2.24, 2.45) is 0 Å². The molecule has 14 nitrogen and oxygen atoms in total. The van der Waals surface area contributed by atoms with Gasteiger partial charge in [-0.1, -0.05) is 34.6 Å². The minimum atomic E-state index is -0.463. The number of nitrogens with zero attached hydrogens (tertiary/aromatic N) is 5. The molecule has 10 bridgehead atoms. The van der Waals surface area contributed by atoms with E-state index >= 15 is 0 Å². The average Bonchev–Trinajstić information content (AvgIpc) is 3.85. The molecular formula is C29H31N7O7. The van der Waals surface area contributed by atoms with E-state index in [1.807, 2.05) is 34.6 Å². The third-order valence-electron chi connectivity index (χ3n) is 7.02. The quantitative estimate of drug-likeness (QED) is 0.290. The standard InChI is InChI=1S/C29H31N7O7/c1-6-13-20-25(37)30-12-19-33-23(16(9-4)40-19)28-36-24(17(10-5)43-28)29-35-21(14(7-2)42-29)26(38)31-11-18-32-22(15(8-3)39-18)27(34-20)41-13/h6-12H2,1-5H3,(H,30,37)(H,31,38). The molecule has 5 aromatic rings. The first kappa shape index (κ1) is 28.1. The summed E-state index contributed by atoms with van der Waals surface area (Å²) in [6, 6.07) is 0. The second-order valence-electron chi connectivity index (χ2n) is 9.76. The Labute approximate surface area is 245 Å². The molecule has 2 amide bonds. The number of oxazole rings is 5. The summed E-state index contributed by atoms with van der Waals surface area (Å²) in [7, 11) is 0. The molecule has 2 N–H and O–H groups in total. The smallest absolute Gasteiger partial charge is 0.273 e. The summed E-state index contributed by atoms with van der Waals surface area (Å²) in [5, 5.41) is 5.62. The second-order valence-corrected chi connectivity index (χ2v) is 9.76. The zero-order valence-corrected chi connectivity index (χ0v) is 24.5. The molecule has 0 saturated heterocycles. The summed E-state index contributed by atoms with van der Waals surface area (Å²) in [6.45, 7) is 9.43. The van der Waals surface area contributed by atoms with Gasteiger partial charge in [-0.2, -0.15) is 0 Å². The molecule has 6 rings (SSSR count). The van der Waals surface area contributed by atoms with Gasteiger partial charge in [0.2, 0.25) is 29.5 Å². The first-order chi connectivity index (χ1) is 20.9. The Morgan fingerprint density at radius 2 is 0.767 bits per heavy atom. The predicted octanol–water partition coefficient (Wildman–Crippen LogP) is 4.61. The fourth-order valence-electron chi connectivity index (χ4n) is 4.84. The van der Waals surface area contributed by atoms with Crippen molar-refractivity contribution in [2.75, 3.05) is 0 Å². The highest BCUT2D eigenvalue weighted by Gasteiger charge is 2.29. The fourth-order valence-corrected chi connectivity index (χ4v) is 4.84. The van der Waals surface area contributed by atoms with Crippen molar-refractivity contribution in [3.63, 3.8) is 0 Å². The molecule has 0 aliphatic carbocycles. The monoisotopic (exact) mass is 589 g/mol.